The van der Waals surface area contributed by atoms with Crippen molar-refractivity contribution in [2.75, 3.05) is 0 Å². The van der Waals surface area contributed by atoms with Crippen LogP contribution in [0.15, 0.2) is 15.9 Å². The van der Waals surface area contributed by atoms with Crippen LogP contribution in [0.1, 0.15) is 25.8 Å². The highest BCUT2D eigenvalue weighted by atomic mass is 16.2. The molecule has 2 heterocycles. The van der Waals surface area contributed by atoms with Gasteiger partial charge in [0, 0.05) is 12.6 Å². The lowest BCUT2D eigenvalue weighted by molar-refractivity contribution is 0.597. The lowest BCUT2D eigenvalue weighted by Crippen LogP contribution is -2.39. The van der Waals surface area contributed by atoms with Gasteiger partial charge in [-0.25, -0.2) is 9.78 Å². The summed E-state index contributed by atoms with van der Waals surface area (Å²) in [7, 11) is 0. The van der Waals surface area contributed by atoms with Gasteiger partial charge in [-0.3, -0.25) is 13.9 Å². The van der Waals surface area contributed by atoms with Crippen LogP contribution in [0.4, 0.5) is 0 Å². The molecule has 0 amide bonds. The van der Waals surface area contributed by atoms with Crippen molar-refractivity contribution < 1.29 is 0 Å². The first kappa shape index (κ1) is 9.38. The molecule has 0 aliphatic heterocycles. The summed E-state index contributed by atoms with van der Waals surface area (Å²) in [6.45, 7) is 2.18. The smallest absolute Gasteiger partial charge is 0.332 e. The maximum atomic E-state index is 12.1. The van der Waals surface area contributed by atoms with Gasteiger partial charge in [0.2, 0.25) is 0 Å². The molecule has 0 aromatic carbocycles. The average Bonchev–Trinajstić information content (AvgIpc) is 2.96. The van der Waals surface area contributed by atoms with Crippen molar-refractivity contribution in [3.8, 4) is 0 Å². The number of hydrogen-bond donors (Lipinski definition) is 1. The van der Waals surface area contributed by atoms with Crippen LogP contribution in [0.2, 0.25) is 0 Å². The number of rotatable bonds is 2. The van der Waals surface area contributed by atoms with Gasteiger partial charge >= 0.3 is 5.69 Å². The molecule has 0 saturated heterocycles. The molecule has 6 nitrogen and oxygen atoms in total. The third kappa shape index (κ3) is 1.09. The molecule has 2 aromatic rings. The Hall–Kier alpha value is -1.85. The van der Waals surface area contributed by atoms with E-state index in [1.807, 2.05) is 0 Å². The number of nitrogens with zero attached hydrogens (tertiary/aromatic N) is 3. The van der Waals surface area contributed by atoms with E-state index >= 15 is 0 Å². The van der Waals surface area contributed by atoms with Crippen LogP contribution in [0.5, 0.6) is 0 Å². The second kappa shape index (κ2) is 3.07. The molecule has 0 bridgehead atoms. The second-order valence-corrected chi connectivity index (χ2v) is 4.03. The summed E-state index contributed by atoms with van der Waals surface area (Å²) < 4.78 is 2.88. The normalized spacial score (nSPS) is 15.8. The molecule has 3 rings (SSSR count). The summed E-state index contributed by atoms with van der Waals surface area (Å²) >= 11 is 0. The summed E-state index contributed by atoms with van der Waals surface area (Å²) in [5.41, 5.74) is 0.391. The molecule has 0 atom stereocenters. The summed E-state index contributed by atoms with van der Waals surface area (Å²) in [5.74, 6) is 0. The van der Waals surface area contributed by atoms with Gasteiger partial charge in [0.25, 0.3) is 5.56 Å². The molecule has 0 radical (unpaired) electrons. The van der Waals surface area contributed by atoms with Crippen molar-refractivity contribution in [2.45, 2.75) is 32.4 Å². The monoisotopic (exact) mass is 220 g/mol. The summed E-state index contributed by atoms with van der Waals surface area (Å²) in [6.07, 6.45) is 3.44. The predicted octanol–water partition coefficient (Wildman–Crippen LogP) is 0.241. The van der Waals surface area contributed by atoms with Crippen LogP contribution in [0.25, 0.3) is 11.2 Å². The number of imidazole rings is 1. The molecule has 84 valence electrons. The van der Waals surface area contributed by atoms with Gasteiger partial charge in [0.15, 0.2) is 5.65 Å². The first-order valence-corrected chi connectivity index (χ1v) is 5.42. The van der Waals surface area contributed by atoms with Gasteiger partial charge in [-0.2, -0.15) is 0 Å². The highest BCUT2D eigenvalue weighted by molar-refractivity contribution is 5.69. The van der Waals surface area contributed by atoms with E-state index in [0.29, 0.717) is 17.7 Å². The largest absolute Gasteiger partial charge is 0.339 e. The molecule has 1 saturated carbocycles. The molecular formula is C10H12N4O2. The molecule has 0 unspecified atom stereocenters. The molecule has 1 fully saturated rings. The first-order valence-electron chi connectivity index (χ1n) is 5.42. The minimum Gasteiger partial charge on any atom is -0.339 e. The van der Waals surface area contributed by atoms with Gasteiger partial charge in [0.1, 0.15) is 5.52 Å². The third-order valence-electron chi connectivity index (χ3n) is 2.97. The Bertz CT molecular complexity index is 659. The number of hydrogen-bond acceptors (Lipinski definition) is 3. The zero-order chi connectivity index (χ0) is 11.3. The zero-order valence-electron chi connectivity index (χ0n) is 8.93. The Morgan fingerprint density at radius 2 is 2.25 bits per heavy atom. The van der Waals surface area contributed by atoms with Gasteiger partial charge in [0.05, 0.1) is 6.33 Å². The minimum atomic E-state index is -0.281. The van der Waals surface area contributed by atoms with Gasteiger partial charge in [-0.15, -0.1) is 0 Å². The van der Waals surface area contributed by atoms with Gasteiger partial charge < -0.3 is 4.98 Å². The maximum Gasteiger partial charge on any atom is 0.332 e. The van der Waals surface area contributed by atoms with Crippen LogP contribution < -0.4 is 11.2 Å². The zero-order valence-corrected chi connectivity index (χ0v) is 8.93. The van der Waals surface area contributed by atoms with Crippen molar-refractivity contribution in [2.24, 2.45) is 0 Å². The number of H-pyrrole nitrogens is 1. The number of aromatic nitrogens is 4. The maximum absolute atomic E-state index is 12.1. The number of aromatic amines is 1. The fraction of sp³-hybridized carbons (Fsp3) is 0.500. The van der Waals surface area contributed by atoms with Crippen LogP contribution >= 0.6 is 0 Å². The Balaban J connectivity index is 2.51. The highest BCUT2D eigenvalue weighted by Gasteiger charge is 2.29. The van der Waals surface area contributed by atoms with Crippen LogP contribution in [0, 0.1) is 0 Å². The van der Waals surface area contributed by atoms with Gasteiger partial charge in [-0.1, -0.05) is 0 Å². The molecule has 2 aromatic heterocycles. The van der Waals surface area contributed by atoms with Crippen LogP contribution in [-0.4, -0.2) is 19.1 Å². The van der Waals surface area contributed by atoms with Gasteiger partial charge in [-0.05, 0) is 19.8 Å². The first-order chi connectivity index (χ1) is 7.74. The fourth-order valence-electron chi connectivity index (χ4n) is 2.01. The molecular weight excluding hydrogens is 208 g/mol. The van der Waals surface area contributed by atoms with Crippen molar-refractivity contribution in [3.63, 3.8) is 0 Å². The molecule has 1 aliphatic rings. The van der Waals surface area contributed by atoms with E-state index < -0.39 is 0 Å². The van der Waals surface area contributed by atoms with Crippen LogP contribution in [-0.2, 0) is 6.54 Å². The number of nitrogens with one attached hydrogen (secondary N) is 1. The van der Waals surface area contributed by atoms with E-state index in [-0.39, 0.29) is 17.3 Å². The van der Waals surface area contributed by atoms with Crippen molar-refractivity contribution >= 4 is 11.2 Å². The molecule has 1 N–H and O–H groups in total. The lowest BCUT2D eigenvalue weighted by Gasteiger charge is -2.08. The highest BCUT2D eigenvalue weighted by Crippen LogP contribution is 2.34. The predicted molar refractivity (Wildman–Crippen MR) is 58.6 cm³/mol. The topological polar surface area (TPSA) is 72.7 Å². The second-order valence-electron chi connectivity index (χ2n) is 4.03. The van der Waals surface area contributed by atoms with E-state index in [9.17, 15) is 9.59 Å². The van der Waals surface area contributed by atoms with E-state index in [0.717, 1.165) is 12.8 Å². The van der Waals surface area contributed by atoms with Crippen LogP contribution in [0.3, 0.4) is 0 Å². The van der Waals surface area contributed by atoms with E-state index in [1.54, 1.807) is 11.5 Å². The minimum absolute atomic E-state index is 0.219. The van der Waals surface area contributed by atoms with Crippen molar-refractivity contribution in [3.05, 3.63) is 27.2 Å². The Kier molecular flexibility index (Phi) is 1.80. The summed E-state index contributed by atoms with van der Waals surface area (Å²) in [4.78, 5) is 30.9. The number of fused-ring (bicyclic) bond motifs is 1. The standard InChI is InChI=1S/C10H12N4O2/c1-2-13-9(15)7-8(12-5-11-7)14(10(13)16)6-3-4-6/h5-6H,2-4H2,1H3,(H,11,12). The average molecular weight is 220 g/mol. The Labute approximate surface area is 90.5 Å². The Morgan fingerprint density at radius 1 is 1.50 bits per heavy atom. The van der Waals surface area contributed by atoms with Crippen molar-refractivity contribution in [1.82, 2.24) is 19.1 Å². The molecule has 1 aliphatic carbocycles. The van der Waals surface area contributed by atoms with E-state index in [1.165, 1.54) is 10.9 Å². The fourth-order valence-corrected chi connectivity index (χ4v) is 2.01. The Morgan fingerprint density at radius 3 is 2.88 bits per heavy atom. The third-order valence-corrected chi connectivity index (χ3v) is 2.97. The van der Waals surface area contributed by atoms with E-state index in [4.69, 9.17) is 0 Å². The van der Waals surface area contributed by atoms with E-state index in [2.05, 4.69) is 9.97 Å². The molecule has 0 spiro atoms. The SMILES string of the molecule is CCn1c(=O)c2[nH]cnc2n(C2CC2)c1=O. The summed E-state index contributed by atoms with van der Waals surface area (Å²) in [6, 6.07) is 0.219. The quantitative estimate of drug-likeness (QED) is 0.788. The molecule has 16 heavy (non-hydrogen) atoms. The lowest BCUT2D eigenvalue weighted by atomic mass is 10.4. The summed E-state index contributed by atoms with van der Waals surface area (Å²) in [5, 5.41) is 0. The molecule has 6 heteroatoms. The van der Waals surface area contributed by atoms with Crippen molar-refractivity contribution in [1.29, 1.82) is 0 Å².